The summed E-state index contributed by atoms with van der Waals surface area (Å²) < 4.78 is 27.0. The molecule has 1 aliphatic carbocycles. The van der Waals surface area contributed by atoms with Crippen LogP contribution in [0.5, 0.6) is 0 Å². The molecule has 0 aliphatic heterocycles. The molecule has 4 nitrogen and oxygen atoms in total. The fraction of sp³-hybridized carbons (Fsp3) is 0.600. The molecule has 0 unspecified atom stereocenters. The molecule has 1 fully saturated rings. The number of rotatable bonds is 7. The number of hydrogen-bond acceptors (Lipinski definition) is 3. The van der Waals surface area contributed by atoms with Crippen LogP contribution in [-0.4, -0.2) is 21.0 Å². The molecule has 0 bridgehead atoms. The van der Waals surface area contributed by atoms with Gasteiger partial charge in [0.15, 0.2) is 0 Å². The molecule has 0 aromatic heterocycles. The van der Waals surface area contributed by atoms with Gasteiger partial charge in [0.2, 0.25) is 10.0 Å². The number of benzene rings is 1. The van der Waals surface area contributed by atoms with Crippen LogP contribution < -0.4 is 10.0 Å². The highest BCUT2D eigenvalue weighted by Gasteiger charge is 2.21. The van der Waals surface area contributed by atoms with E-state index in [1.165, 1.54) is 6.42 Å². The maximum absolute atomic E-state index is 12.1. The van der Waals surface area contributed by atoms with Gasteiger partial charge in [0, 0.05) is 19.1 Å². The Balaban J connectivity index is 1.93. The van der Waals surface area contributed by atoms with E-state index in [0.717, 1.165) is 24.9 Å². The van der Waals surface area contributed by atoms with E-state index >= 15 is 0 Å². The zero-order valence-electron chi connectivity index (χ0n) is 12.2. The number of sulfonamides is 1. The minimum atomic E-state index is -3.35. The van der Waals surface area contributed by atoms with Crippen LogP contribution in [0, 0.1) is 5.92 Å². The molecule has 112 valence electrons. The summed E-state index contributed by atoms with van der Waals surface area (Å²) in [6.07, 6.45) is 3.51. The normalized spacial score (nSPS) is 16.4. The Morgan fingerprint density at radius 3 is 2.35 bits per heavy atom. The highest BCUT2D eigenvalue weighted by Crippen LogP contribution is 2.25. The first-order valence-corrected chi connectivity index (χ1v) is 8.77. The van der Waals surface area contributed by atoms with E-state index in [2.05, 4.69) is 23.9 Å². The van der Waals surface area contributed by atoms with Crippen LogP contribution in [0.25, 0.3) is 0 Å². The fourth-order valence-electron chi connectivity index (χ4n) is 2.12. The summed E-state index contributed by atoms with van der Waals surface area (Å²) in [6.45, 7) is 5.50. The van der Waals surface area contributed by atoms with Crippen molar-refractivity contribution in [3.63, 3.8) is 0 Å². The molecule has 1 aromatic rings. The van der Waals surface area contributed by atoms with Crippen molar-refractivity contribution in [2.24, 2.45) is 5.92 Å². The second-order valence-corrected chi connectivity index (χ2v) is 7.60. The molecule has 1 aliphatic rings. The maximum atomic E-state index is 12.1. The summed E-state index contributed by atoms with van der Waals surface area (Å²) in [6, 6.07) is 7.52. The molecule has 0 atom stereocenters. The Morgan fingerprint density at radius 2 is 1.85 bits per heavy atom. The molecular formula is C15H24N2O2S. The predicted octanol–water partition coefficient (Wildman–Crippen LogP) is 2.26. The van der Waals surface area contributed by atoms with E-state index in [1.807, 2.05) is 12.1 Å². The van der Waals surface area contributed by atoms with Crippen molar-refractivity contribution in [2.75, 3.05) is 6.54 Å². The van der Waals surface area contributed by atoms with Gasteiger partial charge in [-0.2, -0.15) is 0 Å². The number of hydrogen-bond donors (Lipinski definition) is 2. The fourth-order valence-corrected chi connectivity index (χ4v) is 3.23. The predicted molar refractivity (Wildman–Crippen MR) is 80.9 cm³/mol. The van der Waals surface area contributed by atoms with E-state index < -0.39 is 10.0 Å². The van der Waals surface area contributed by atoms with E-state index in [1.54, 1.807) is 12.1 Å². The average molecular weight is 296 g/mol. The second kappa shape index (κ2) is 6.70. The third kappa shape index (κ3) is 4.30. The van der Waals surface area contributed by atoms with Crippen molar-refractivity contribution in [3.05, 3.63) is 29.8 Å². The van der Waals surface area contributed by atoms with Gasteiger partial charge >= 0.3 is 0 Å². The SMILES string of the molecule is CC(C)NCc1ccc(S(=O)(=O)NCC2CCC2)cc1. The summed E-state index contributed by atoms with van der Waals surface area (Å²) >= 11 is 0. The zero-order valence-corrected chi connectivity index (χ0v) is 13.0. The standard InChI is InChI=1S/C15H24N2O2S/c1-12(2)16-10-14-6-8-15(9-7-14)20(18,19)17-11-13-4-3-5-13/h6-9,12-13,16-17H,3-5,10-11H2,1-2H3. The Kier molecular flexibility index (Phi) is 5.18. The molecular weight excluding hydrogens is 272 g/mol. The monoisotopic (exact) mass is 296 g/mol. The lowest BCUT2D eigenvalue weighted by atomic mass is 9.86. The first kappa shape index (κ1) is 15.5. The molecule has 5 heteroatoms. The first-order valence-electron chi connectivity index (χ1n) is 7.29. The summed E-state index contributed by atoms with van der Waals surface area (Å²) in [5.41, 5.74) is 1.09. The van der Waals surface area contributed by atoms with Crippen LogP contribution in [0.2, 0.25) is 0 Å². The molecule has 2 N–H and O–H groups in total. The highest BCUT2D eigenvalue weighted by molar-refractivity contribution is 7.89. The van der Waals surface area contributed by atoms with Crippen LogP contribution in [0.15, 0.2) is 29.2 Å². The van der Waals surface area contributed by atoms with E-state index in [4.69, 9.17) is 0 Å². The van der Waals surface area contributed by atoms with Gasteiger partial charge in [-0.15, -0.1) is 0 Å². The van der Waals surface area contributed by atoms with Gasteiger partial charge < -0.3 is 5.32 Å². The van der Waals surface area contributed by atoms with E-state index in [-0.39, 0.29) is 0 Å². The summed E-state index contributed by atoms with van der Waals surface area (Å²) in [4.78, 5) is 0.352. The average Bonchev–Trinajstić information content (AvgIpc) is 2.35. The third-order valence-electron chi connectivity index (χ3n) is 3.73. The van der Waals surface area contributed by atoms with Crippen LogP contribution >= 0.6 is 0 Å². The lowest BCUT2D eigenvalue weighted by molar-refractivity contribution is 0.316. The topological polar surface area (TPSA) is 58.2 Å². The van der Waals surface area contributed by atoms with Gasteiger partial charge in [-0.25, -0.2) is 13.1 Å². The van der Waals surface area contributed by atoms with Gasteiger partial charge in [-0.1, -0.05) is 32.4 Å². The van der Waals surface area contributed by atoms with Crippen molar-refractivity contribution >= 4 is 10.0 Å². The Labute approximate surface area is 122 Å². The summed E-state index contributed by atoms with van der Waals surface area (Å²) in [5.74, 6) is 0.527. The molecule has 1 aromatic carbocycles. The van der Waals surface area contributed by atoms with Crippen molar-refractivity contribution < 1.29 is 8.42 Å². The smallest absolute Gasteiger partial charge is 0.240 e. The Hall–Kier alpha value is -0.910. The van der Waals surface area contributed by atoms with Crippen molar-refractivity contribution in [2.45, 2.75) is 50.6 Å². The van der Waals surface area contributed by atoms with Crippen LogP contribution in [0.1, 0.15) is 38.7 Å². The molecule has 0 radical (unpaired) electrons. The largest absolute Gasteiger partial charge is 0.310 e. The van der Waals surface area contributed by atoms with E-state index in [9.17, 15) is 8.42 Å². The van der Waals surface area contributed by atoms with Gasteiger partial charge in [0.05, 0.1) is 4.90 Å². The summed E-state index contributed by atoms with van der Waals surface area (Å²) in [5, 5.41) is 3.31. The van der Waals surface area contributed by atoms with Gasteiger partial charge in [-0.3, -0.25) is 0 Å². The van der Waals surface area contributed by atoms with Crippen LogP contribution in [0.3, 0.4) is 0 Å². The number of nitrogens with one attached hydrogen (secondary N) is 2. The minimum absolute atomic E-state index is 0.352. The molecule has 2 rings (SSSR count). The van der Waals surface area contributed by atoms with Crippen molar-refractivity contribution in [1.29, 1.82) is 0 Å². The molecule has 0 saturated heterocycles. The lowest BCUT2D eigenvalue weighted by Gasteiger charge is -2.25. The minimum Gasteiger partial charge on any atom is -0.310 e. The highest BCUT2D eigenvalue weighted by atomic mass is 32.2. The quantitative estimate of drug-likeness (QED) is 0.811. The Bertz CT molecular complexity index is 519. The zero-order chi connectivity index (χ0) is 14.6. The molecule has 1 saturated carbocycles. The maximum Gasteiger partial charge on any atom is 0.240 e. The van der Waals surface area contributed by atoms with Crippen molar-refractivity contribution in [3.8, 4) is 0 Å². The van der Waals surface area contributed by atoms with Crippen LogP contribution in [-0.2, 0) is 16.6 Å². The van der Waals surface area contributed by atoms with E-state index in [0.29, 0.717) is 23.4 Å². The Morgan fingerprint density at radius 1 is 1.20 bits per heavy atom. The van der Waals surface area contributed by atoms with Gasteiger partial charge in [0.1, 0.15) is 0 Å². The molecule has 0 heterocycles. The van der Waals surface area contributed by atoms with Crippen LogP contribution in [0.4, 0.5) is 0 Å². The second-order valence-electron chi connectivity index (χ2n) is 5.83. The molecule has 20 heavy (non-hydrogen) atoms. The summed E-state index contributed by atoms with van der Waals surface area (Å²) in [7, 11) is -3.35. The first-order chi connectivity index (χ1) is 9.47. The third-order valence-corrected chi connectivity index (χ3v) is 5.17. The van der Waals surface area contributed by atoms with Crippen molar-refractivity contribution in [1.82, 2.24) is 10.0 Å². The molecule has 0 spiro atoms. The van der Waals surface area contributed by atoms with Gasteiger partial charge in [-0.05, 0) is 36.5 Å². The van der Waals surface area contributed by atoms with Gasteiger partial charge in [0.25, 0.3) is 0 Å². The molecule has 0 amide bonds. The lowest BCUT2D eigenvalue weighted by Crippen LogP contribution is -2.32.